The molecule has 0 aliphatic rings. The summed E-state index contributed by atoms with van der Waals surface area (Å²) in [5.74, 6) is 0.714. The molecule has 0 amide bonds. The Hall–Kier alpha value is -1.55. The second-order valence-corrected chi connectivity index (χ2v) is 4.44. The van der Waals surface area contributed by atoms with E-state index in [4.69, 9.17) is 5.73 Å². The number of aliphatic hydroxyl groups is 1. The topological polar surface area (TPSA) is 64.1 Å². The van der Waals surface area contributed by atoms with Gasteiger partial charge in [0.2, 0.25) is 0 Å². The number of fused-ring (bicyclic) bond motifs is 1. The zero-order chi connectivity index (χ0) is 12.4. The molecule has 3 N–H and O–H groups in total. The largest absolute Gasteiger partial charge is 0.399 e. The van der Waals surface area contributed by atoms with Gasteiger partial charge in [-0.15, -0.1) is 0 Å². The van der Waals surface area contributed by atoms with Crippen LogP contribution in [0.3, 0.4) is 0 Å². The summed E-state index contributed by atoms with van der Waals surface area (Å²) < 4.78 is 2.11. The standard InChI is InChI=1S/C13H19N3O/c1-3-4-9(2)16-12-6-5-10(14)7-11(12)15-13(16)8-17/h5-7,9,17H,3-4,8,14H2,1-2H3. The smallest absolute Gasteiger partial charge is 0.135 e. The van der Waals surface area contributed by atoms with E-state index in [0.717, 1.165) is 23.9 Å². The predicted octanol–water partition coefficient (Wildman–Crippen LogP) is 2.47. The molecule has 1 aromatic heterocycles. The van der Waals surface area contributed by atoms with Gasteiger partial charge in [0.25, 0.3) is 0 Å². The Kier molecular flexibility index (Phi) is 3.33. The highest BCUT2D eigenvalue weighted by Crippen LogP contribution is 2.25. The monoisotopic (exact) mass is 233 g/mol. The Morgan fingerprint density at radius 1 is 1.47 bits per heavy atom. The molecule has 1 atom stereocenters. The third kappa shape index (κ3) is 2.13. The van der Waals surface area contributed by atoms with Crippen LogP contribution in [0, 0.1) is 0 Å². The van der Waals surface area contributed by atoms with Crippen molar-refractivity contribution < 1.29 is 5.11 Å². The third-order valence-electron chi connectivity index (χ3n) is 3.08. The van der Waals surface area contributed by atoms with E-state index in [1.807, 2.05) is 18.2 Å². The number of hydrogen-bond donors (Lipinski definition) is 2. The molecule has 0 aliphatic heterocycles. The lowest BCUT2D eigenvalue weighted by atomic mass is 10.2. The fourth-order valence-electron chi connectivity index (χ4n) is 2.32. The molecule has 0 aliphatic carbocycles. The zero-order valence-electron chi connectivity index (χ0n) is 10.3. The van der Waals surface area contributed by atoms with Crippen LogP contribution in [0.1, 0.15) is 38.6 Å². The molecule has 1 heterocycles. The van der Waals surface area contributed by atoms with Crippen LogP contribution in [-0.4, -0.2) is 14.7 Å². The molecular formula is C13H19N3O. The first-order valence-corrected chi connectivity index (χ1v) is 6.04. The lowest BCUT2D eigenvalue weighted by molar-refractivity contribution is 0.261. The zero-order valence-corrected chi connectivity index (χ0v) is 10.3. The van der Waals surface area contributed by atoms with Gasteiger partial charge in [0.05, 0.1) is 11.0 Å². The van der Waals surface area contributed by atoms with Crippen molar-refractivity contribution in [1.29, 1.82) is 0 Å². The maximum atomic E-state index is 9.39. The molecule has 4 nitrogen and oxygen atoms in total. The molecule has 0 spiro atoms. The van der Waals surface area contributed by atoms with E-state index in [-0.39, 0.29) is 6.61 Å². The summed E-state index contributed by atoms with van der Waals surface area (Å²) in [5, 5.41) is 9.39. The summed E-state index contributed by atoms with van der Waals surface area (Å²) in [6.07, 6.45) is 2.18. The van der Waals surface area contributed by atoms with Crippen LogP contribution in [0.2, 0.25) is 0 Å². The molecule has 92 valence electrons. The van der Waals surface area contributed by atoms with Gasteiger partial charge in [0.15, 0.2) is 0 Å². The number of hydrogen-bond acceptors (Lipinski definition) is 3. The van der Waals surface area contributed by atoms with E-state index >= 15 is 0 Å². The highest BCUT2D eigenvalue weighted by Gasteiger charge is 2.14. The fraction of sp³-hybridized carbons (Fsp3) is 0.462. The van der Waals surface area contributed by atoms with E-state index < -0.39 is 0 Å². The summed E-state index contributed by atoms with van der Waals surface area (Å²) in [7, 11) is 0. The second-order valence-electron chi connectivity index (χ2n) is 4.44. The van der Waals surface area contributed by atoms with Crippen molar-refractivity contribution in [2.24, 2.45) is 0 Å². The summed E-state index contributed by atoms with van der Waals surface area (Å²) in [6, 6.07) is 6.04. The minimum Gasteiger partial charge on any atom is -0.399 e. The molecule has 17 heavy (non-hydrogen) atoms. The molecule has 0 fully saturated rings. The quantitative estimate of drug-likeness (QED) is 0.797. The number of benzene rings is 1. The van der Waals surface area contributed by atoms with Gasteiger partial charge in [-0.1, -0.05) is 13.3 Å². The van der Waals surface area contributed by atoms with Gasteiger partial charge in [-0.3, -0.25) is 0 Å². The fourth-order valence-corrected chi connectivity index (χ4v) is 2.32. The predicted molar refractivity (Wildman–Crippen MR) is 69.7 cm³/mol. The van der Waals surface area contributed by atoms with E-state index in [2.05, 4.69) is 23.4 Å². The maximum Gasteiger partial charge on any atom is 0.135 e. The van der Waals surface area contributed by atoms with Gasteiger partial charge in [0.1, 0.15) is 12.4 Å². The van der Waals surface area contributed by atoms with Crippen molar-refractivity contribution in [3.63, 3.8) is 0 Å². The highest BCUT2D eigenvalue weighted by molar-refractivity contribution is 5.79. The van der Waals surface area contributed by atoms with Gasteiger partial charge in [0, 0.05) is 11.7 Å². The number of aromatic nitrogens is 2. The molecule has 4 heteroatoms. The Balaban J connectivity index is 2.58. The van der Waals surface area contributed by atoms with Gasteiger partial charge in [-0.05, 0) is 31.5 Å². The van der Waals surface area contributed by atoms with Crippen LogP contribution in [0.4, 0.5) is 5.69 Å². The number of nitrogen functional groups attached to an aromatic ring is 1. The SMILES string of the molecule is CCCC(C)n1c(CO)nc2cc(N)ccc21. The molecule has 0 bridgehead atoms. The molecule has 1 aromatic carbocycles. The van der Waals surface area contributed by atoms with Crippen molar-refractivity contribution in [3.8, 4) is 0 Å². The first-order valence-electron chi connectivity index (χ1n) is 6.04. The number of anilines is 1. The van der Waals surface area contributed by atoms with Gasteiger partial charge < -0.3 is 15.4 Å². The van der Waals surface area contributed by atoms with Crippen LogP contribution in [0.5, 0.6) is 0 Å². The summed E-state index contributed by atoms with van der Waals surface area (Å²) in [5.41, 5.74) is 8.36. The van der Waals surface area contributed by atoms with Crippen LogP contribution in [0.15, 0.2) is 18.2 Å². The molecular weight excluding hydrogens is 214 g/mol. The molecule has 1 unspecified atom stereocenters. The van der Waals surface area contributed by atoms with Crippen molar-refractivity contribution >= 4 is 16.7 Å². The highest BCUT2D eigenvalue weighted by atomic mass is 16.3. The summed E-state index contributed by atoms with van der Waals surface area (Å²) in [4.78, 5) is 4.43. The number of nitrogens with two attached hydrogens (primary N) is 1. The number of aliphatic hydroxyl groups excluding tert-OH is 1. The van der Waals surface area contributed by atoms with Crippen LogP contribution in [-0.2, 0) is 6.61 Å². The minimum atomic E-state index is -0.0390. The first kappa shape index (κ1) is 11.9. The first-order chi connectivity index (χ1) is 8.17. The summed E-state index contributed by atoms with van der Waals surface area (Å²) >= 11 is 0. The lowest BCUT2D eigenvalue weighted by Crippen LogP contribution is -2.09. The van der Waals surface area contributed by atoms with Gasteiger partial charge >= 0.3 is 0 Å². The normalized spacial score (nSPS) is 13.1. The Morgan fingerprint density at radius 3 is 2.88 bits per heavy atom. The van der Waals surface area contributed by atoms with Crippen molar-refractivity contribution in [1.82, 2.24) is 9.55 Å². The third-order valence-corrected chi connectivity index (χ3v) is 3.08. The van der Waals surface area contributed by atoms with E-state index in [0.29, 0.717) is 17.6 Å². The maximum absolute atomic E-state index is 9.39. The van der Waals surface area contributed by atoms with Crippen molar-refractivity contribution in [2.45, 2.75) is 39.3 Å². The van der Waals surface area contributed by atoms with Crippen LogP contribution >= 0.6 is 0 Å². The number of imidazole rings is 1. The van der Waals surface area contributed by atoms with Gasteiger partial charge in [-0.25, -0.2) is 4.98 Å². The average Bonchev–Trinajstić information content (AvgIpc) is 2.66. The molecule has 0 radical (unpaired) electrons. The molecule has 2 aromatic rings. The average molecular weight is 233 g/mol. The van der Waals surface area contributed by atoms with Crippen molar-refractivity contribution in [2.75, 3.05) is 5.73 Å². The second kappa shape index (κ2) is 4.75. The van der Waals surface area contributed by atoms with Crippen LogP contribution in [0.25, 0.3) is 11.0 Å². The Morgan fingerprint density at radius 2 is 2.24 bits per heavy atom. The van der Waals surface area contributed by atoms with E-state index in [1.54, 1.807) is 0 Å². The van der Waals surface area contributed by atoms with Crippen molar-refractivity contribution in [3.05, 3.63) is 24.0 Å². The Bertz CT molecular complexity index is 519. The number of rotatable bonds is 4. The Labute approximate surface area is 101 Å². The molecule has 0 saturated heterocycles. The van der Waals surface area contributed by atoms with E-state index in [1.165, 1.54) is 0 Å². The lowest BCUT2D eigenvalue weighted by Gasteiger charge is -2.16. The van der Waals surface area contributed by atoms with Gasteiger partial charge in [-0.2, -0.15) is 0 Å². The number of nitrogens with zero attached hydrogens (tertiary/aromatic N) is 2. The molecule has 0 saturated carbocycles. The minimum absolute atomic E-state index is 0.0390. The molecule has 2 rings (SSSR count). The van der Waals surface area contributed by atoms with E-state index in [9.17, 15) is 5.11 Å². The summed E-state index contributed by atoms with van der Waals surface area (Å²) in [6.45, 7) is 4.27. The van der Waals surface area contributed by atoms with Crippen LogP contribution < -0.4 is 5.73 Å².